The van der Waals surface area contributed by atoms with E-state index in [0.29, 0.717) is 28.8 Å². The van der Waals surface area contributed by atoms with Crippen LogP contribution in [0.15, 0.2) is 47.4 Å². The first-order chi connectivity index (χ1) is 13.8. The standard InChI is InChI=1S/C19H19Cl2FN2O4S/c20-14-2-7-18(17(21)12-14)28-13-19(25)23-8-1-9-24(11-10-23)29(26,27)16-5-3-15(22)4-6-16/h2-7,12H,1,8-11,13H2. The van der Waals surface area contributed by atoms with Crippen LogP contribution in [0.5, 0.6) is 5.75 Å². The van der Waals surface area contributed by atoms with Gasteiger partial charge in [-0.25, -0.2) is 12.8 Å². The second-order valence-electron chi connectivity index (χ2n) is 6.46. The van der Waals surface area contributed by atoms with Crippen molar-refractivity contribution in [2.45, 2.75) is 11.3 Å². The van der Waals surface area contributed by atoms with Crippen LogP contribution in [-0.2, 0) is 14.8 Å². The molecule has 1 aliphatic rings. The van der Waals surface area contributed by atoms with Gasteiger partial charge in [-0.2, -0.15) is 4.31 Å². The van der Waals surface area contributed by atoms with Crippen LogP contribution in [0.4, 0.5) is 4.39 Å². The fraction of sp³-hybridized carbons (Fsp3) is 0.316. The van der Waals surface area contributed by atoms with E-state index in [2.05, 4.69) is 0 Å². The van der Waals surface area contributed by atoms with Crippen molar-refractivity contribution >= 4 is 39.1 Å². The third-order valence-corrected chi connectivity index (χ3v) is 6.95. The van der Waals surface area contributed by atoms with Gasteiger partial charge in [-0.3, -0.25) is 4.79 Å². The number of benzene rings is 2. The maximum absolute atomic E-state index is 13.1. The van der Waals surface area contributed by atoms with E-state index in [1.54, 1.807) is 17.0 Å². The normalized spacial score (nSPS) is 15.8. The van der Waals surface area contributed by atoms with Crippen LogP contribution < -0.4 is 4.74 Å². The molecular weight excluding hydrogens is 442 g/mol. The molecule has 0 atom stereocenters. The van der Waals surface area contributed by atoms with E-state index in [0.717, 1.165) is 12.1 Å². The van der Waals surface area contributed by atoms with Crippen molar-refractivity contribution in [3.63, 3.8) is 0 Å². The number of amides is 1. The molecule has 0 aliphatic carbocycles. The molecule has 2 aromatic rings. The van der Waals surface area contributed by atoms with Crippen molar-refractivity contribution in [1.82, 2.24) is 9.21 Å². The van der Waals surface area contributed by atoms with Crippen LogP contribution in [0, 0.1) is 5.82 Å². The number of hydrogen-bond donors (Lipinski definition) is 0. The molecule has 6 nitrogen and oxygen atoms in total. The quantitative estimate of drug-likeness (QED) is 0.685. The Hall–Kier alpha value is -1.87. The van der Waals surface area contributed by atoms with Crippen molar-refractivity contribution in [2.75, 3.05) is 32.8 Å². The first kappa shape index (κ1) is 21.8. The van der Waals surface area contributed by atoms with Gasteiger partial charge in [-0.05, 0) is 48.9 Å². The lowest BCUT2D eigenvalue weighted by Crippen LogP contribution is -2.39. The molecule has 0 unspecified atom stereocenters. The predicted octanol–water partition coefficient (Wildman–Crippen LogP) is 3.43. The number of carbonyl (C=O) groups excluding carboxylic acids is 1. The topological polar surface area (TPSA) is 66.9 Å². The smallest absolute Gasteiger partial charge is 0.260 e. The van der Waals surface area contributed by atoms with E-state index < -0.39 is 15.8 Å². The first-order valence-corrected chi connectivity index (χ1v) is 11.1. The van der Waals surface area contributed by atoms with E-state index in [-0.39, 0.29) is 37.0 Å². The van der Waals surface area contributed by atoms with Gasteiger partial charge in [-0.15, -0.1) is 0 Å². The third-order valence-electron chi connectivity index (χ3n) is 4.50. The molecule has 0 spiro atoms. The van der Waals surface area contributed by atoms with Crippen LogP contribution in [0.25, 0.3) is 0 Å². The van der Waals surface area contributed by atoms with Gasteiger partial charge in [0.1, 0.15) is 11.6 Å². The highest BCUT2D eigenvalue weighted by atomic mass is 35.5. The van der Waals surface area contributed by atoms with Gasteiger partial charge in [0, 0.05) is 31.2 Å². The van der Waals surface area contributed by atoms with E-state index in [9.17, 15) is 17.6 Å². The number of sulfonamides is 1. The average Bonchev–Trinajstić information content (AvgIpc) is 2.94. The van der Waals surface area contributed by atoms with E-state index in [1.165, 1.54) is 22.5 Å². The van der Waals surface area contributed by atoms with Crippen LogP contribution >= 0.6 is 23.2 Å². The number of halogens is 3. The van der Waals surface area contributed by atoms with Gasteiger partial charge in [0.25, 0.3) is 5.91 Å². The van der Waals surface area contributed by atoms with Crippen molar-refractivity contribution in [1.29, 1.82) is 0 Å². The maximum atomic E-state index is 13.1. The highest BCUT2D eigenvalue weighted by Gasteiger charge is 2.28. The molecule has 1 aliphatic heterocycles. The summed E-state index contributed by atoms with van der Waals surface area (Å²) in [5.41, 5.74) is 0. The van der Waals surface area contributed by atoms with Crippen LogP contribution in [-0.4, -0.2) is 56.3 Å². The molecule has 1 heterocycles. The van der Waals surface area contributed by atoms with Gasteiger partial charge >= 0.3 is 0 Å². The lowest BCUT2D eigenvalue weighted by atomic mass is 10.3. The molecule has 29 heavy (non-hydrogen) atoms. The Balaban J connectivity index is 1.60. The number of ether oxygens (including phenoxy) is 1. The van der Waals surface area contributed by atoms with E-state index in [4.69, 9.17) is 27.9 Å². The molecule has 0 saturated carbocycles. The Morgan fingerprint density at radius 2 is 1.76 bits per heavy atom. The summed E-state index contributed by atoms with van der Waals surface area (Å²) in [4.78, 5) is 14.1. The van der Waals surface area contributed by atoms with Gasteiger partial charge in [0.15, 0.2) is 6.61 Å². The molecule has 1 saturated heterocycles. The molecule has 0 aromatic heterocycles. The molecular formula is C19H19Cl2FN2O4S. The monoisotopic (exact) mass is 460 g/mol. The second-order valence-corrected chi connectivity index (χ2v) is 9.24. The second kappa shape index (κ2) is 9.30. The summed E-state index contributed by atoms with van der Waals surface area (Å²) < 4.78 is 45.4. The molecule has 2 aromatic carbocycles. The van der Waals surface area contributed by atoms with Crippen LogP contribution in [0.3, 0.4) is 0 Å². The summed E-state index contributed by atoms with van der Waals surface area (Å²) in [7, 11) is -3.75. The van der Waals surface area contributed by atoms with Gasteiger partial charge in [-0.1, -0.05) is 23.2 Å². The molecule has 1 fully saturated rings. The van der Waals surface area contributed by atoms with Gasteiger partial charge in [0.05, 0.1) is 9.92 Å². The van der Waals surface area contributed by atoms with Crippen molar-refractivity contribution < 1.29 is 22.3 Å². The number of nitrogens with zero attached hydrogens (tertiary/aromatic N) is 2. The molecule has 0 radical (unpaired) electrons. The van der Waals surface area contributed by atoms with Gasteiger partial charge in [0.2, 0.25) is 10.0 Å². The molecule has 10 heteroatoms. The average molecular weight is 461 g/mol. The highest BCUT2D eigenvalue weighted by Crippen LogP contribution is 2.27. The van der Waals surface area contributed by atoms with Crippen molar-refractivity contribution in [2.24, 2.45) is 0 Å². The van der Waals surface area contributed by atoms with E-state index in [1.807, 2.05) is 0 Å². The summed E-state index contributed by atoms with van der Waals surface area (Å²) in [5, 5.41) is 0.765. The Morgan fingerprint density at radius 1 is 1.03 bits per heavy atom. The largest absolute Gasteiger partial charge is 0.482 e. The lowest BCUT2D eigenvalue weighted by Gasteiger charge is -2.22. The predicted molar refractivity (Wildman–Crippen MR) is 108 cm³/mol. The van der Waals surface area contributed by atoms with Crippen LogP contribution in [0.2, 0.25) is 10.0 Å². The minimum Gasteiger partial charge on any atom is -0.482 e. The van der Waals surface area contributed by atoms with E-state index >= 15 is 0 Å². The summed E-state index contributed by atoms with van der Waals surface area (Å²) in [6.45, 7) is 0.843. The SMILES string of the molecule is O=C(COc1ccc(Cl)cc1Cl)N1CCCN(S(=O)(=O)c2ccc(F)cc2)CC1. The number of carbonyl (C=O) groups is 1. The third kappa shape index (κ3) is 5.39. The van der Waals surface area contributed by atoms with Gasteiger partial charge < -0.3 is 9.64 Å². The Morgan fingerprint density at radius 3 is 2.45 bits per heavy atom. The zero-order valence-corrected chi connectivity index (χ0v) is 17.7. The molecule has 0 bridgehead atoms. The summed E-state index contributed by atoms with van der Waals surface area (Å²) >= 11 is 11.9. The molecule has 0 N–H and O–H groups in total. The number of rotatable bonds is 5. The Kier molecular flexibility index (Phi) is 7.00. The van der Waals surface area contributed by atoms with Crippen LogP contribution in [0.1, 0.15) is 6.42 Å². The van der Waals surface area contributed by atoms with Crippen molar-refractivity contribution in [3.8, 4) is 5.75 Å². The minimum atomic E-state index is -3.75. The Labute approximate surface area is 178 Å². The fourth-order valence-corrected chi connectivity index (χ4v) is 4.89. The molecule has 3 rings (SSSR count). The number of hydrogen-bond acceptors (Lipinski definition) is 4. The minimum absolute atomic E-state index is 0.0272. The highest BCUT2D eigenvalue weighted by molar-refractivity contribution is 7.89. The van der Waals surface area contributed by atoms with Crippen molar-refractivity contribution in [3.05, 3.63) is 58.3 Å². The molecule has 156 valence electrons. The maximum Gasteiger partial charge on any atom is 0.260 e. The lowest BCUT2D eigenvalue weighted by molar-refractivity contribution is -0.133. The fourth-order valence-electron chi connectivity index (χ4n) is 2.96. The summed E-state index contributed by atoms with van der Waals surface area (Å²) in [5.74, 6) is -0.422. The summed E-state index contributed by atoms with van der Waals surface area (Å²) in [6, 6.07) is 9.41. The molecule has 1 amide bonds. The zero-order valence-electron chi connectivity index (χ0n) is 15.4. The summed E-state index contributed by atoms with van der Waals surface area (Å²) in [6.07, 6.45) is 0.480. The zero-order chi connectivity index (χ0) is 21.0. The Bertz CT molecular complexity index is 986. The first-order valence-electron chi connectivity index (χ1n) is 8.89.